The van der Waals surface area contributed by atoms with Crippen LogP contribution >= 0.6 is 0 Å². The Bertz CT molecular complexity index is 705. The number of carbonyl (C=O) groups is 1. The van der Waals surface area contributed by atoms with Crippen LogP contribution < -0.4 is 5.32 Å². The number of oxazole rings is 1. The maximum absolute atomic E-state index is 12.0. The molecule has 25 heavy (non-hydrogen) atoms. The molecule has 1 aliphatic rings. The fourth-order valence-corrected chi connectivity index (χ4v) is 2.92. The number of aliphatic hydroxyl groups is 1. The maximum atomic E-state index is 12.0. The molecule has 2 heterocycles. The Morgan fingerprint density at radius 2 is 2.00 bits per heavy atom. The number of benzene rings is 1. The van der Waals surface area contributed by atoms with Crippen LogP contribution in [-0.4, -0.2) is 41.4 Å². The van der Waals surface area contributed by atoms with E-state index in [0.29, 0.717) is 38.4 Å². The molecule has 1 amide bonds. The van der Waals surface area contributed by atoms with Crippen LogP contribution in [0.25, 0.3) is 11.3 Å². The normalized spacial score (nSPS) is 16.6. The highest BCUT2D eigenvalue weighted by molar-refractivity contribution is 5.76. The van der Waals surface area contributed by atoms with Crippen molar-refractivity contribution in [3.05, 3.63) is 41.9 Å². The summed E-state index contributed by atoms with van der Waals surface area (Å²) in [5.41, 5.74) is 0.941. The summed E-state index contributed by atoms with van der Waals surface area (Å²) < 4.78 is 11.0. The summed E-state index contributed by atoms with van der Waals surface area (Å²) in [4.78, 5) is 16.5. The number of nitrogens with one attached hydrogen (secondary N) is 1. The number of aromatic nitrogens is 1. The standard InChI is InChI=1S/C19H24N2O4/c1-14-18(15-5-3-2-4-6-15)25-17(21-14)8-7-16(22)20-13-19(23)9-11-24-12-10-19/h2-6,23H,7-13H2,1H3,(H,20,22). The molecule has 1 aliphatic heterocycles. The van der Waals surface area contributed by atoms with Gasteiger partial charge in [-0.3, -0.25) is 4.79 Å². The lowest BCUT2D eigenvalue weighted by Crippen LogP contribution is -2.46. The van der Waals surface area contributed by atoms with Gasteiger partial charge in [-0.25, -0.2) is 4.98 Å². The van der Waals surface area contributed by atoms with Crippen LogP contribution in [0, 0.1) is 6.92 Å². The van der Waals surface area contributed by atoms with Crippen LogP contribution in [0.4, 0.5) is 0 Å². The summed E-state index contributed by atoms with van der Waals surface area (Å²) in [7, 11) is 0. The minimum Gasteiger partial charge on any atom is -0.440 e. The van der Waals surface area contributed by atoms with Crippen molar-refractivity contribution in [3.63, 3.8) is 0 Å². The molecule has 0 bridgehead atoms. The predicted molar refractivity (Wildman–Crippen MR) is 93.0 cm³/mol. The highest BCUT2D eigenvalue weighted by atomic mass is 16.5. The van der Waals surface area contributed by atoms with Gasteiger partial charge in [0.15, 0.2) is 11.7 Å². The number of hydrogen-bond acceptors (Lipinski definition) is 5. The molecule has 0 spiro atoms. The van der Waals surface area contributed by atoms with Crippen molar-refractivity contribution in [2.24, 2.45) is 0 Å². The van der Waals surface area contributed by atoms with E-state index in [-0.39, 0.29) is 18.9 Å². The lowest BCUT2D eigenvalue weighted by Gasteiger charge is -2.32. The average molecular weight is 344 g/mol. The van der Waals surface area contributed by atoms with Gasteiger partial charge < -0.3 is 19.6 Å². The smallest absolute Gasteiger partial charge is 0.220 e. The minimum absolute atomic E-state index is 0.114. The zero-order valence-electron chi connectivity index (χ0n) is 14.5. The molecule has 2 N–H and O–H groups in total. The summed E-state index contributed by atoms with van der Waals surface area (Å²) in [5, 5.41) is 13.1. The van der Waals surface area contributed by atoms with Crippen LogP contribution in [0.2, 0.25) is 0 Å². The Kier molecular flexibility index (Phi) is 5.50. The van der Waals surface area contributed by atoms with Crippen LogP contribution in [0.1, 0.15) is 30.8 Å². The molecule has 1 saturated heterocycles. The second-order valence-electron chi connectivity index (χ2n) is 6.50. The number of rotatable bonds is 6. The monoisotopic (exact) mass is 344 g/mol. The molecule has 2 aromatic rings. The first-order valence-electron chi connectivity index (χ1n) is 8.64. The van der Waals surface area contributed by atoms with Crippen molar-refractivity contribution >= 4 is 5.91 Å². The van der Waals surface area contributed by atoms with E-state index >= 15 is 0 Å². The third kappa shape index (κ3) is 4.67. The molecule has 6 nitrogen and oxygen atoms in total. The van der Waals surface area contributed by atoms with E-state index in [0.717, 1.165) is 17.0 Å². The van der Waals surface area contributed by atoms with Crippen molar-refractivity contribution in [3.8, 4) is 11.3 Å². The van der Waals surface area contributed by atoms with Crippen molar-refractivity contribution < 1.29 is 19.1 Å². The lowest BCUT2D eigenvalue weighted by atomic mass is 9.94. The molecule has 0 atom stereocenters. The summed E-state index contributed by atoms with van der Waals surface area (Å²) >= 11 is 0. The molecular weight excluding hydrogens is 320 g/mol. The SMILES string of the molecule is Cc1nc(CCC(=O)NCC2(O)CCOCC2)oc1-c1ccccc1. The first-order chi connectivity index (χ1) is 12.1. The van der Waals surface area contributed by atoms with Gasteiger partial charge in [-0.15, -0.1) is 0 Å². The van der Waals surface area contributed by atoms with Gasteiger partial charge in [0, 0.05) is 51.0 Å². The summed E-state index contributed by atoms with van der Waals surface area (Å²) in [5.74, 6) is 1.18. The van der Waals surface area contributed by atoms with Gasteiger partial charge in [-0.1, -0.05) is 30.3 Å². The Hall–Kier alpha value is -2.18. The molecule has 1 fully saturated rings. The van der Waals surface area contributed by atoms with Crippen molar-refractivity contribution in [2.75, 3.05) is 19.8 Å². The van der Waals surface area contributed by atoms with Gasteiger partial charge in [-0.05, 0) is 6.92 Å². The summed E-state index contributed by atoms with van der Waals surface area (Å²) in [6, 6.07) is 9.79. The molecule has 0 aliphatic carbocycles. The Balaban J connectivity index is 1.51. The molecule has 0 saturated carbocycles. The van der Waals surface area contributed by atoms with E-state index in [9.17, 15) is 9.90 Å². The van der Waals surface area contributed by atoms with E-state index in [2.05, 4.69) is 10.3 Å². The van der Waals surface area contributed by atoms with Crippen molar-refractivity contribution in [1.29, 1.82) is 0 Å². The van der Waals surface area contributed by atoms with Gasteiger partial charge in [0.2, 0.25) is 5.91 Å². The van der Waals surface area contributed by atoms with Gasteiger partial charge in [0.05, 0.1) is 11.3 Å². The van der Waals surface area contributed by atoms with Gasteiger partial charge in [-0.2, -0.15) is 0 Å². The van der Waals surface area contributed by atoms with E-state index in [1.54, 1.807) is 0 Å². The van der Waals surface area contributed by atoms with Gasteiger partial charge in [0.1, 0.15) is 0 Å². The second-order valence-corrected chi connectivity index (χ2v) is 6.50. The molecule has 1 aromatic carbocycles. The third-order valence-corrected chi connectivity index (χ3v) is 4.48. The number of ether oxygens (including phenoxy) is 1. The van der Waals surface area contributed by atoms with Crippen LogP contribution in [-0.2, 0) is 16.0 Å². The highest BCUT2D eigenvalue weighted by Crippen LogP contribution is 2.24. The quantitative estimate of drug-likeness (QED) is 0.839. The van der Waals surface area contributed by atoms with Crippen LogP contribution in [0.3, 0.4) is 0 Å². The van der Waals surface area contributed by atoms with Crippen molar-refractivity contribution in [2.45, 2.75) is 38.2 Å². The molecule has 0 radical (unpaired) electrons. The molecular formula is C19H24N2O4. The largest absolute Gasteiger partial charge is 0.440 e. The van der Waals surface area contributed by atoms with Crippen LogP contribution in [0.5, 0.6) is 0 Å². The van der Waals surface area contributed by atoms with Gasteiger partial charge in [0.25, 0.3) is 0 Å². The first-order valence-corrected chi connectivity index (χ1v) is 8.64. The number of nitrogens with zero attached hydrogens (tertiary/aromatic N) is 1. The van der Waals surface area contributed by atoms with E-state index in [1.165, 1.54) is 0 Å². The number of hydrogen-bond donors (Lipinski definition) is 2. The molecule has 6 heteroatoms. The molecule has 134 valence electrons. The number of carbonyl (C=O) groups excluding carboxylic acids is 1. The summed E-state index contributed by atoms with van der Waals surface area (Å²) in [6.45, 7) is 3.22. The second kappa shape index (κ2) is 7.80. The highest BCUT2D eigenvalue weighted by Gasteiger charge is 2.30. The van der Waals surface area contributed by atoms with E-state index in [4.69, 9.17) is 9.15 Å². The van der Waals surface area contributed by atoms with Gasteiger partial charge >= 0.3 is 0 Å². The predicted octanol–water partition coefficient (Wildman–Crippen LogP) is 2.24. The Morgan fingerprint density at radius 1 is 1.28 bits per heavy atom. The number of amides is 1. The van der Waals surface area contributed by atoms with E-state index < -0.39 is 5.60 Å². The fraction of sp³-hybridized carbons (Fsp3) is 0.474. The van der Waals surface area contributed by atoms with Crippen molar-refractivity contribution in [1.82, 2.24) is 10.3 Å². The van der Waals surface area contributed by atoms with Crippen LogP contribution in [0.15, 0.2) is 34.7 Å². The Morgan fingerprint density at radius 3 is 2.72 bits per heavy atom. The maximum Gasteiger partial charge on any atom is 0.220 e. The average Bonchev–Trinajstić information content (AvgIpc) is 3.00. The van der Waals surface area contributed by atoms with E-state index in [1.807, 2.05) is 37.3 Å². The zero-order valence-corrected chi connectivity index (χ0v) is 14.5. The lowest BCUT2D eigenvalue weighted by molar-refractivity contribution is -0.124. The summed E-state index contributed by atoms with van der Waals surface area (Å²) in [6.07, 6.45) is 1.81. The number of aryl methyl sites for hydroxylation is 2. The topological polar surface area (TPSA) is 84.6 Å². The fourth-order valence-electron chi connectivity index (χ4n) is 2.92. The first kappa shape index (κ1) is 17.6. The third-order valence-electron chi connectivity index (χ3n) is 4.48. The molecule has 1 aromatic heterocycles. The minimum atomic E-state index is -0.853. The molecule has 3 rings (SSSR count). The Labute approximate surface area is 147 Å². The molecule has 0 unspecified atom stereocenters. The zero-order chi connectivity index (χ0) is 17.7.